The number of unbranched alkanes of at least 4 members (excludes halogenated alkanes) is 2. The van der Waals surface area contributed by atoms with Crippen molar-refractivity contribution in [2.45, 2.75) is 39.0 Å². The zero-order chi connectivity index (χ0) is 14.8. The molecule has 1 aromatic rings. The third kappa shape index (κ3) is 7.14. The minimum atomic E-state index is -0.460. The third-order valence-electron chi connectivity index (χ3n) is 2.59. The summed E-state index contributed by atoms with van der Waals surface area (Å²) in [7, 11) is 0. The van der Waals surface area contributed by atoms with Gasteiger partial charge in [-0.15, -0.1) is 0 Å². The van der Waals surface area contributed by atoms with Crippen LogP contribution in [0.25, 0.3) is 0 Å². The molecule has 0 unspecified atom stereocenters. The van der Waals surface area contributed by atoms with Gasteiger partial charge in [-0.1, -0.05) is 31.4 Å². The zero-order valence-corrected chi connectivity index (χ0v) is 12.3. The van der Waals surface area contributed by atoms with E-state index in [1.54, 1.807) is 24.3 Å². The summed E-state index contributed by atoms with van der Waals surface area (Å²) < 4.78 is 10.1. The largest absolute Gasteiger partial charge is 0.466 e. The number of carbonyl (C=O) groups excluding carboxylic acids is 2. The minimum absolute atomic E-state index is 0.00916. The van der Waals surface area contributed by atoms with E-state index in [9.17, 15) is 9.59 Å². The summed E-state index contributed by atoms with van der Waals surface area (Å²) in [6.07, 6.45) is 3.02. The molecule has 0 aliphatic heterocycles. The fourth-order valence-electron chi connectivity index (χ4n) is 1.50. The molecule has 0 heterocycles. The van der Waals surface area contributed by atoms with E-state index in [0.717, 1.165) is 19.3 Å². The van der Waals surface area contributed by atoms with Gasteiger partial charge >= 0.3 is 11.9 Å². The highest BCUT2D eigenvalue weighted by Gasteiger charge is 2.10. The number of rotatable bonds is 8. The number of hydrogen-bond donors (Lipinski definition) is 0. The molecule has 0 N–H and O–H groups in total. The van der Waals surface area contributed by atoms with Crippen LogP contribution in [-0.4, -0.2) is 18.5 Å². The van der Waals surface area contributed by atoms with Gasteiger partial charge in [0.25, 0.3) is 0 Å². The lowest BCUT2D eigenvalue weighted by molar-refractivity contribution is -0.147. The fourth-order valence-corrected chi connectivity index (χ4v) is 1.63. The lowest BCUT2D eigenvalue weighted by Crippen LogP contribution is -2.12. The van der Waals surface area contributed by atoms with E-state index in [1.807, 2.05) is 0 Å². The van der Waals surface area contributed by atoms with Crippen LogP contribution in [0, 0.1) is 0 Å². The van der Waals surface area contributed by atoms with Gasteiger partial charge < -0.3 is 9.47 Å². The molecule has 0 atom stereocenters. The smallest absolute Gasteiger partial charge is 0.311 e. The topological polar surface area (TPSA) is 52.6 Å². The molecule has 0 amide bonds. The normalized spacial score (nSPS) is 10.1. The highest BCUT2D eigenvalue weighted by molar-refractivity contribution is 6.30. The molecule has 0 bridgehead atoms. The van der Waals surface area contributed by atoms with E-state index in [2.05, 4.69) is 6.92 Å². The Hall–Kier alpha value is -1.55. The fraction of sp³-hybridized carbons (Fsp3) is 0.467. The van der Waals surface area contributed by atoms with Crippen molar-refractivity contribution in [3.8, 4) is 5.75 Å². The maximum Gasteiger partial charge on any atom is 0.311 e. The molecule has 0 saturated heterocycles. The minimum Gasteiger partial charge on any atom is -0.466 e. The highest BCUT2D eigenvalue weighted by atomic mass is 35.5. The second kappa shape index (κ2) is 9.37. The molecule has 4 nitrogen and oxygen atoms in total. The van der Waals surface area contributed by atoms with Gasteiger partial charge in [0, 0.05) is 5.02 Å². The van der Waals surface area contributed by atoms with Crippen molar-refractivity contribution >= 4 is 23.5 Å². The molecule has 0 fully saturated rings. The quantitative estimate of drug-likeness (QED) is 0.416. The van der Waals surface area contributed by atoms with Crippen molar-refractivity contribution < 1.29 is 19.1 Å². The van der Waals surface area contributed by atoms with Crippen LogP contribution in [0.3, 0.4) is 0 Å². The number of hydrogen-bond acceptors (Lipinski definition) is 4. The van der Waals surface area contributed by atoms with Crippen LogP contribution in [0.1, 0.15) is 39.0 Å². The van der Waals surface area contributed by atoms with E-state index in [-0.39, 0.29) is 18.8 Å². The first kappa shape index (κ1) is 16.5. The summed E-state index contributed by atoms with van der Waals surface area (Å²) in [6.45, 7) is 2.49. The Balaban J connectivity index is 2.19. The molecule has 0 aliphatic carbocycles. The second-order valence-electron chi connectivity index (χ2n) is 4.36. The third-order valence-corrected chi connectivity index (χ3v) is 2.84. The van der Waals surface area contributed by atoms with Gasteiger partial charge in [0.05, 0.1) is 19.4 Å². The summed E-state index contributed by atoms with van der Waals surface area (Å²) in [5, 5.41) is 0.570. The predicted octanol–water partition coefficient (Wildman–Crippen LogP) is 3.76. The Morgan fingerprint density at radius 2 is 1.70 bits per heavy atom. The van der Waals surface area contributed by atoms with E-state index in [1.165, 1.54) is 0 Å². The molecular formula is C15H19ClO4. The lowest BCUT2D eigenvalue weighted by Gasteiger charge is -2.05. The van der Waals surface area contributed by atoms with Gasteiger partial charge in [0.15, 0.2) is 0 Å². The summed E-state index contributed by atoms with van der Waals surface area (Å²) in [5.41, 5.74) is 0. The van der Waals surface area contributed by atoms with Gasteiger partial charge in [-0.2, -0.15) is 0 Å². The first-order valence-corrected chi connectivity index (χ1v) is 7.11. The Morgan fingerprint density at radius 1 is 1.05 bits per heavy atom. The summed E-state index contributed by atoms with van der Waals surface area (Å²) in [6, 6.07) is 6.46. The van der Waals surface area contributed by atoms with Crippen LogP contribution in [0.15, 0.2) is 24.3 Å². The molecule has 0 aliphatic rings. The lowest BCUT2D eigenvalue weighted by atomic mass is 10.3. The monoisotopic (exact) mass is 298 g/mol. The first-order valence-electron chi connectivity index (χ1n) is 6.73. The van der Waals surface area contributed by atoms with Crippen LogP contribution in [-0.2, 0) is 14.3 Å². The molecule has 0 radical (unpaired) electrons. The Kier molecular flexibility index (Phi) is 7.73. The van der Waals surface area contributed by atoms with E-state index < -0.39 is 5.97 Å². The zero-order valence-electron chi connectivity index (χ0n) is 11.6. The van der Waals surface area contributed by atoms with E-state index in [4.69, 9.17) is 21.1 Å². The molecule has 0 saturated carbocycles. The van der Waals surface area contributed by atoms with Crippen molar-refractivity contribution in [1.29, 1.82) is 0 Å². The molecule has 1 aromatic carbocycles. The van der Waals surface area contributed by atoms with Crippen LogP contribution in [0.5, 0.6) is 5.75 Å². The number of benzene rings is 1. The van der Waals surface area contributed by atoms with Crippen molar-refractivity contribution in [2.75, 3.05) is 6.61 Å². The molecule has 0 spiro atoms. The summed E-state index contributed by atoms with van der Waals surface area (Å²) in [4.78, 5) is 22.9. The van der Waals surface area contributed by atoms with E-state index >= 15 is 0 Å². The highest BCUT2D eigenvalue weighted by Crippen LogP contribution is 2.16. The average molecular weight is 299 g/mol. The number of carbonyl (C=O) groups is 2. The van der Waals surface area contributed by atoms with Crippen LogP contribution < -0.4 is 4.74 Å². The summed E-state index contributed by atoms with van der Waals surface area (Å²) >= 11 is 5.72. The number of halogens is 1. The van der Waals surface area contributed by atoms with Crippen molar-refractivity contribution in [1.82, 2.24) is 0 Å². The van der Waals surface area contributed by atoms with Crippen molar-refractivity contribution in [2.24, 2.45) is 0 Å². The molecule has 110 valence electrons. The Labute approximate surface area is 124 Å². The molecule has 20 heavy (non-hydrogen) atoms. The Morgan fingerprint density at radius 3 is 2.35 bits per heavy atom. The van der Waals surface area contributed by atoms with Crippen molar-refractivity contribution in [3.63, 3.8) is 0 Å². The van der Waals surface area contributed by atoms with Crippen LogP contribution in [0.4, 0.5) is 0 Å². The van der Waals surface area contributed by atoms with E-state index in [0.29, 0.717) is 17.4 Å². The van der Waals surface area contributed by atoms with Gasteiger partial charge in [0.2, 0.25) is 0 Å². The number of esters is 2. The average Bonchev–Trinajstić information content (AvgIpc) is 2.44. The standard InChI is InChI=1S/C15H19ClO4/c1-2-3-4-11-19-14(17)9-10-15(18)20-13-7-5-12(16)6-8-13/h5-8H,2-4,9-11H2,1H3. The van der Waals surface area contributed by atoms with Gasteiger partial charge in [-0.05, 0) is 30.7 Å². The first-order chi connectivity index (χ1) is 9.61. The van der Waals surface area contributed by atoms with Gasteiger partial charge in [0.1, 0.15) is 5.75 Å². The molecule has 1 rings (SSSR count). The molecule has 5 heteroatoms. The van der Waals surface area contributed by atoms with Gasteiger partial charge in [-0.25, -0.2) is 0 Å². The predicted molar refractivity (Wildman–Crippen MR) is 76.8 cm³/mol. The van der Waals surface area contributed by atoms with Crippen molar-refractivity contribution in [3.05, 3.63) is 29.3 Å². The second-order valence-corrected chi connectivity index (χ2v) is 4.79. The maximum absolute atomic E-state index is 11.5. The maximum atomic E-state index is 11.5. The Bertz CT molecular complexity index is 428. The van der Waals surface area contributed by atoms with Crippen LogP contribution >= 0.6 is 11.6 Å². The summed E-state index contributed by atoms with van der Waals surface area (Å²) in [5.74, 6) is -0.414. The molecule has 0 aromatic heterocycles. The SMILES string of the molecule is CCCCCOC(=O)CCC(=O)Oc1ccc(Cl)cc1. The van der Waals surface area contributed by atoms with Gasteiger partial charge in [-0.3, -0.25) is 9.59 Å². The molecular weight excluding hydrogens is 280 g/mol. The number of ether oxygens (including phenoxy) is 2. The van der Waals surface area contributed by atoms with Crippen LogP contribution in [0.2, 0.25) is 5.02 Å².